The lowest BCUT2D eigenvalue weighted by atomic mass is 10.3. The Morgan fingerprint density at radius 2 is 2.09 bits per heavy atom. The topological polar surface area (TPSA) is 116 Å². The van der Waals surface area contributed by atoms with Crippen LogP contribution in [0.15, 0.2) is 40.6 Å². The molecule has 0 radical (unpaired) electrons. The van der Waals surface area contributed by atoms with Crippen molar-refractivity contribution in [1.29, 1.82) is 0 Å². The Hall–Kier alpha value is -2.46. The second-order valence-corrected chi connectivity index (χ2v) is 6.59. The van der Waals surface area contributed by atoms with Gasteiger partial charge in [0.1, 0.15) is 9.77 Å². The van der Waals surface area contributed by atoms with Gasteiger partial charge in [-0.15, -0.1) is 11.3 Å². The van der Waals surface area contributed by atoms with E-state index in [1.165, 1.54) is 29.6 Å². The van der Waals surface area contributed by atoms with Gasteiger partial charge in [-0.2, -0.15) is 0 Å². The molecular weight excluding hydrogens is 332 g/mol. The number of non-ortho nitro benzene ring substituents is 1. The zero-order valence-electron chi connectivity index (χ0n) is 11.2. The highest BCUT2D eigenvalue weighted by molar-refractivity contribution is 7.93. The number of carbonyl (C=O) groups is 1. The van der Waals surface area contributed by atoms with Crippen LogP contribution >= 0.6 is 11.3 Å². The first-order valence-corrected chi connectivity index (χ1v) is 8.14. The summed E-state index contributed by atoms with van der Waals surface area (Å²) >= 11 is 0.926. The van der Waals surface area contributed by atoms with Crippen LogP contribution in [-0.4, -0.2) is 26.4 Å². The maximum absolute atomic E-state index is 12.3. The third-order valence-electron chi connectivity index (χ3n) is 2.60. The van der Waals surface area contributed by atoms with Gasteiger partial charge in [-0.05, 0) is 17.5 Å². The lowest BCUT2D eigenvalue weighted by Gasteiger charge is -2.08. The molecule has 116 valence electrons. The number of esters is 1. The molecule has 0 fully saturated rings. The largest absolute Gasteiger partial charge is 0.465 e. The Bertz CT molecular complexity index is 828. The predicted molar refractivity (Wildman–Crippen MR) is 79.6 cm³/mol. The molecule has 0 spiro atoms. The molecule has 0 atom stereocenters. The normalized spacial score (nSPS) is 11.0. The maximum Gasteiger partial charge on any atom is 0.349 e. The molecule has 0 aliphatic rings. The molecule has 0 unspecified atom stereocenters. The Kier molecular flexibility index (Phi) is 4.43. The van der Waals surface area contributed by atoms with Gasteiger partial charge in [-0.25, -0.2) is 13.2 Å². The lowest BCUT2D eigenvalue weighted by molar-refractivity contribution is -0.384. The summed E-state index contributed by atoms with van der Waals surface area (Å²) in [6.45, 7) is 0. The van der Waals surface area contributed by atoms with Crippen molar-refractivity contribution in [2.24, 2.45) is 0 Å². The zero-order chi connectivity index (χ0) is 16.3. The summed E-state index contributed by atoms with van der Waals surface area (Å²) in [4.78, 5) is 21.3. The minimum Gasteiger partial charge on any atom is -0.465 e. The number of nitrogens with one attached hydrogen (secondary N) is 1. The molecule has 1 heterocycles. The van der Waals surface area contributed by atoms with Crippen molar-refractivity contribution in [3.8, 4) is 0 Å². The molecule has 0 aliphatic heterocycles. The maximum atomic E-state index is 12.3. The Morgan fingerprint density at radius 3 is 2.73 bits per heavy atom. The number of nitro groups is 1. The number of thiophene rings is 1. The van der Waals surface area contributed by atoms with Gasteiger partial charge in [-0.1, -0.05) is 6.07 Å². The molecule has 0 aliphatic carbocycles. The SMILES string of the molecule is COC(=O)c1sccc1S(=O)(=O)Nc1cccc([N+](=O)[O-])c1. The molecule has 2 aromatic rings. The van der Waals surface area contributed by atoms with Crippen LogP contribution in [0.25, 0.3) is 0 Å². The van der Waals surface area contributed by atoms with Gasteiger partial charge in [0.25, 0.3) is 15.7 Å². The number of benzene rings is 1. The molecule has 0 amide bonds. The van der Waals surface area contributed by atoms with E-state index >= 15 is 0 Å². The molecule has 2 rings (SSSR count). The number of hydrogen-bond acceptors (Lipinski definition) is 7. The molecule has 8 nitrogen and oxygen atoms in total. The standard InChI is InChI=1S/C12H10N2O6S2/c1-20-12(15)11-10(5-6-21-11)22(18,19)13-8-3-2-4-9(7-8)14(16)17/h2-7,13H,1H3. The van der Waals surface area contributed by atoms with Gasteiger partial charge >= 0.3 is 5.97 Å². The monoisotopic (exact) mass is 342 g/mol. The van der Waals surface area contributed by atoms with Crippen molar-refractivity contribution >= 4 is 38.7 Å². The highest BCUT2D eigenvalue weighted by Crippen LogP contribution is 2.26. The number of sulfonamides is 1. The number of rotatable bonds is 5. The van der Waals surface area contributed by atoms with Crippen LogP contribution < -0.4 is 4.72 Å². The van der Waals surface area contributed by atoms with E-state index in [2.05, 4.69) is 9.46 Å². The first-order valence-electron chi connectivity index (χ1n) is 5.78. The number of ether oxygens (including phenoxy) is 1. The summed E-state index contributed by atoms with van der Waals surface area (Å²) in [5.41, 5.74) is -0.227. The van der Waals surface area contributed by atoms with Crippen molar-refractivity contribution < 1.29 is 22.9 Å². The number of hydrogen-bond donors (Lipinski definition) is 1. The fourth-order valence-electron chi connectivity index (χ4n) is 1.64. The minimum absolute atomic E-state index is 0.0243. The number of nitrogens with zero attached hydrogens (tertiary/aromatic N) is 1. The Labute approximate surface area is 129 Å². The molecule has 0 saturated carbocycles. The minimum atomic E-state index is -4.06. The fourth-order valence-corrected chi connectivity index (χ4v) is 4.03. The van der Waals surface area contributed by atoms with Gasteiger partial charge in [0.15, 0.2) is 0 Å². The van der Waals surface area contributed by atoms with Gasteiger partial charge in [0.2, 0.25) is 0 Å². The summed E-state index contributed by atoms with van der Waals surface area (Å²) in [5.74, 6) is -0.769. The first kappa shape index (κ1) is 15.9. The van der Waals surface area contributed by atoms with Crippen molar-refractivity contribution in [3.05, 3.63) is 50.7 Å². The fraction of sp³-hybridized carbons (Fsp3) is 0.0833. The highest BCUT2D eigenvalue weighted by atomic mass is 32.2. The molecule has 10 heteroatoms. The zero-order valence-corrected chi connectivity index (χ0v) is 12.8. The molecule has 0 saturated heterocycles. The third-order valence-corrected chi connectivity index (χ3v) is 5.05. The van der Waals surface area contributed by atoms with E-state index in [0.717, 1.165) is 24.5 Å². The Morgan fingerprint density at radius 1 is 1.36 bits per heavy atom. The average Bonchev–Trinajstić information content (AvgIpc) is 2.96. The summed E-state index contributed by atoms with van der Waals surface area (Å²) < 4.78 is 31.3. The molecule has 1 aromatic heterocycles. The van der Waals surface area contributed by atoms with Gasteiger partial charge in [0, 0.05) is 12.1 Å². The van der Waals surface area contributed by atoms with Crippen LogP contribution in [0.3, 0.4) is 0 Å². The van der Waals surface area contributed by atoms with Crippen LogP contribution in [0.2, 0.25) is 0 Å². The van der Waals surface area contributed by atoms with Gasteiger partial charge < -0.3 is 4.74 Å². The predicted octanol–water partition coefficient (Wildman–Crippen LogP) is 2.24. The number of anilines is 1. The third kappa shape index (κ3) is 3.23. The van der Waals surface area contributed by atoms with Crippen molar-refractivity contribution in [1.82, 2.24) is 0 Å². The van der Waals surface area contributed by atoms with E-state index in [1.807, 2.05) is 0 Å². The van der Waals surface area contributed by atoms with Crippen LogP contribution in [0, 0.1) is 10.1 Å². The average molecular weight is 342 g/mol. The van der Waals surface area contributed by atoms with Crippen LogP contribution in [0.4, 0.5) is 11.4 Å². The summed E-state index contributed by atoms with van der Waals surface area (Å²) in [5, 5.41) is 12.1. The second kappa shape index (κ2) is 6.12. The van der Waals surface area contributed by atoms with E-state index in [1.54, 1.807) is 0 Å². The summed E-state index contributed by atoms with van der Waals surface area (Å²) in [6.07, 6.45) is 0. The van der Waals surface area contributed by atoms with E-state index in [0.29, 0.717) is 0 Å². The first-order chi connectivity index (χ1) is 10.3. The molecular formula is C12H10N2O6S2. The number of nitro benzene ring substituents is 1. The van der Waals surface area contributed by atoms with Crippen molar-refractivity contribution in [2.75, 3.05) is 11.8 Å². The Balaban J connectivity index is 2.37. The molecule has 22 heavy (non-hydrogen) atoms. The summed E-state index contributed by atoms with van der Waals surface area (Å²) in [7, 11) is -2.92. The van der Waals surface area contributed by atoms with Gasteiger partial charge in [-0.3, -0.25) is 14.8 Å². The quantitative estimate of drug-likeness (QED) is 0.506. The van der Waals surface area contributed by atoms with E-state index in [4.69, 9.17) is 0 Å². The highest BCUT2D eigenvalue weighted by Gasteiger charge is 2.25. The molecule has 0 bridgehead atoms. The summed E-state index contributed by atoms with van der Waals surface area (Å²) in [6, 6.07) is 6.31. The van der Waals surface area contributed by atoms with E-state index in [-0.39, 0.29) is 21.1 Å². The van der Waals surface area contributed by atoms with Gasteiger partial charge in [0.05, 0.1) is 17.7 Å². The van der Waals surface area contributed by atoms with Crippen molar-refractivity contribution in [3.63, 3.8) is 0 Å². The number of carbonyl (C=O) groups excluding carboxylic acids is 1. The van der Waals surface area contributed by atoms with Crippen molar-refractivity contribution in [2.45, 2.75) is 4.90 Å². The van der Waals surface area contributed by atoms with Crippen LogP contribution in [0.5, 0.6) is 0 Å². The number of methoxy groups -OCH3 is 1. The van der Waals surface area contributed by atoms with Crippen LogP contribution in [-0.2, 0) is 14.8 Å². The smallest absolute Gasteiger partial charge is 0.349 e. The molecule has 1 N–H and O–H groups in total. The molecule has 1 aromatic carbocycles. The second-order valence-electron chi connectivity index (χ2n) is 4.02. The lowest BCUT2D eigenvalue weighted by Crippen LogP contribution is -2.15. The van der Waals surface area contributed by atoms with E-state index < -0.39 is 20.9 Å². The van der Waals surface area contributed by atoms with Crippen LogP contribution in [0.1, 0.15) is 9.67 Å². The van der Waals surface area contributed by atoms with E-state index in [9.17, 15) is 23.3 Å².